The van der Waals surface area contributed by atoms with Crippen LogP contribution in [-0.2, 0) is 0 Å². The second-order valence-electron chi connectivity index (χ2n) is 3.98. The lowest BCUT2D eigenvalue weighted by molar-refractivity contribution is 0.0694. The molecular weight excluding hydrogens is 287 g/mol. The SMILES string of the molecule is Cc1ccc(Oc2cc(Cl)ccc2Cl)c(C(=O)O)c1. The predicted molar refractivity (Wildman–Crippen MR) is 74.7 cm³/mol. The lowest BCUT2D eigenvalue weighted by Gasteiger charge is -2.11. The van der Waals surface area contributed by atoms with Crippen molar-refractivity contribution in [1.82, 2.24) is 0 Å². The number of hydrogen-bond donors (Lipinski definition) is 1. The van der Waals surface area contributed by atoms with Gasteiger partial charge in [-0.05, 0) is 31.2 Å². The molecule has 0 radical (unpaired) electrons. The first-order chi connectivity index (χ1) is 8.97. The summed E-state index contributed by atoms with van der Waals surface area (Å²) >= 11 is 11.8. The molecule has 0 heterocycles. The number of rotatable bonds is 3. The smallest absolute Gasteiger partial charge is 0.339 e. The normalized spacial score (nSPS) is 10.3. The number of aromatic carboxylic acids is 1. The molecule has 0 aromatic heterocycles. The van der Waals surface area contributed by atoms with Crippen molar-refractivity contribution in [1.29, 1.82) is 0 Å². The van der Waals surface area contributed by atoms with Crippen molar-refractivity contribution in [2.45, 2.75) is 6.92 Å². The van der Waals surface area contributed by atoms with E-state index in [2.05, 4.69) is 0 Å². The van der Waals surface area contributed by atoms with Crippen molar-refractivity contribution < 1.29 is 14.6 Å². The quantitative estimate of drug-likeness (QED) is 0.885. The maximum Gasteiger partial charge on any atom is 0.339 e. The van der Waals surface area contributed by atoms with Crippen molar-refractivity contribution in [3.8, 4) is 11.5 Å². The Bertz CT molecular complexity index is 639. The highest BCUT2D eigenvalue weighted by Gasteiger charge is 2.13. The average Bonchev–Trinajstić information content (AvgIpc) is 2.35. The van der Waals surface area contributed by atoms with Gasteiger partial charge in [-0.1, -0.05) is 34.8 Å². The molecule has 0 spiro atoms. The summed E-state index contributed by atoms with van der Waals surface area (Å²) in [5.41, 5.74) is 0.915. The molecule has 0 aliphatic carbocycles. The molecule has 0 saturated heterocycles. The van der Waals surface area contributed by atoms with Gasteiger partial charge >= 0.3 is 5.97 Å². The van der Waals surface area contributed by atoms with Crippen LogP contribution in [0.15, 0.2) is 36.4 Å². The van der Waals surface area contributed by atoms with Crippen LogP contribution in [0.25, 0.3) is 0 Å². The van der Waals surface area contributed by atoms with Gasteiger partial charge in [0.2, 0.25) is 0 Å². The average molecular weight is 297 g/mol. The van der Waals surface area contributed by atoms with Gasteiger partial charge in [-0.2, -0.15) is 0 Å². The minimum Gasteiger partial charge on any atom is -0.478 e. The first kappa shape index (κ1) is 13.7. The highest BCUT2D eigenvalue weighted by molar-refractivity contribution is 6.34. The minimum absolute atomic E-state index is 0.0797. The number of carboxylic acid groups (broad SMARTS) is 1. The zero-order valence-electron chi connectivity index (χ0n) is 9.98. The van der Waals surface area contributed by atoms with E-state index < -0.39 is 5.97 Å². The fraction of sp³-hybridized carbons (Fsp3) is 0.0714. The predicted octanol–water partition coefficient (Wildman–Crippen LogP) is 4.79. The molecule has 0 aliphatic rings. The van der Waals surface area contributed by atoms with Crippen molar-refractivity contribution >= 4 is 29.2 Å². The summed E-state index contributed by atoms with van der Waals surface area (Å²) in [6.45, 7) is 1.81. The molecule has 0 aliphatic heterocycles. The molecule has 2 aromatic rings. The minimum atomic E-state index is -1.06. The first-order valence-corrected chi connectivity index (χ1v) is 6.20. The third-order valence-corrected chi connectivity index (χ3v) is 3.03. The van der Waals surface area contributed by atoms with Crippen LogP contribution in [0.1, 0.15) is 15.9 Å². The van der Waals surface area contributed by atoms with Crippen LogP contribution in [0.3, 0.4) is 0 Å². The Morgan fingerprint density at radius 2 is 1.84 bits per heavy atom. The summed E-state index contributed by atoms with van der Waals surface area (Å²) in [5, 5.41) is 9.98. The molecule has 3 nitrogen and oxygen atoms in total. The second kappa shape index (κ2) is 5.51. The molecule has 98 valence electrons. The lowest BCUT2D eigenvalue weighted by Crippen LogP contribution is -2.00. The number of hydrogen-bond acceptors (Lipinski definition) is 2. The van der Waals surface area contributed by atoms with Crippen molar-refractivity contribution in [2.75, 3.05) is 0 Å². The fourth-order valence-electron chi connectivity index (χ4n) is 1.57. The molecule has 19 heavy (non-hydrogen) atoms. The maximum absolute atomic E-state index is 11.2. The second-order valence-corrected chi connectivity index (χ2v) is 4.83. The van der Waals surface area contributed by atoms with Gasteiger partial charge < -0.3 is 9.84 Å². The van der Waals surface area contributed by atoms with Crippen LogP contribution in [-0.4, -0.2) is 11.1 Å². The van der Waals surface area contributed by atoms with Gasteiger partial charge in [-0.15, -0.1) is 0 Å². The number of carboxylic acids is 1. The van der Waals surface area contributed by atoms with Gasteiger partial charge in [-0.3, -0.25) is 0 Å². The number of ether oxygens (including phenoxy) is 1. The lowest BCUT2D eigenvalue weighted by atomic mass is 10.1. The molecule has 0 amide bonds. The monoisotopic (exact) mass is 296 g/mol. The third kappa shape index (κ3) is 3.19. The Labute approximate surface area is 120 Å². The first-order valence-electron chi connectivity index (χ1n) is 5.44. The Hall–Kier alpha value is -1.71. The molecule has 0 bridgehead atoms. The summed E-state index contributed by atoms with van der Waals surface area (Å²) in [4.78, 5) is 11.2. The Morgan fingerprint density at radius 1 is 1.11 bits per heavy atom. The van der Waals surface area contributed by atoms with E-state index >= 15 is 0 Å². The highest BCUT2D eigenvalue weighted by atomic mass is 35.5. The summed E-state index contributed by atoms with van der Waals surface area (Å²) in [7, 11) is 0. The Morgan fingerprint density at radius 3 is 2.53 bits per heavy atom. The molecule has 2 rings (SSSR count). The van der Waals surface area contributed by atoms with Crippen LogP contribution in [0, 0.1) is 6.92 Å². The van der Waals surface area contributed by atoms with Crippen LogP contribution < -0.4 is 4.74 Å². The summed E-state index contributed by atoms with van der Waals surface area (Å²) in [6.07, 6.45) is 0. The van der Waals surface area contributed by atoms with Gasteiger partial charge in [0, 0.05) is 11.1 Å². The topological polar surface area (TPSA) is 46.5 Å². The molecule has 0 fully saturated rings. The number of halogens is 2. The zero-order chi connectivity index (χ0) is 14.0. The molecular formula is C14H10Cl2O3. The third-order valence-electron chi connectivity index (χ3n) is 2.48. The largest absolute Gasteiger partial charge is 0.478 e. The molecule has 1 N–H and O–H groups in total. The maximum atomic E-state index is 11.2. The van der Waals surface area contributed by atoms with Crippen molar-refractivity contribution in [3.05, 3.63) is 57.6 Å². The number of carbonyl (C=O) groups is 1. The van der Waals surface area contributed by atoms with Gasteiger partial charge in [0.25, 0.3) is 0 Å². The molecule has 0 atom stereocenters. The van der Waals surface area contributed by atoms with E-state index in [9.17, 15) is 4.79 Å². The van der Waals surface area contributed by atoms with Gasteiger partial charge in [-0.25, -0.2) is 4.79 Å². The molecule has 2 aromatic carbocycles. The van der Waals surface area contributed by atoms with E-state index in [4.69, 9.17) is 33.0 Å². The van der Waals surface area contributed by atoms with Crippen molar-refractivity contribution in [3.63, 3.8) is 0 Å². The van der Waals surface area contributed by atoms with Gasteiger partial charge in [0.1, 0.15) is 17.1 Å². The summed E-state index contributed by atoms with van der Waals surface area (Å²) in [6, 6.07) is 9.65. The summed E-state index contributed by atoms with van der Waals surface area (Å²) < 4.78 is 5.54. The highest BCUT2D eigenvalue weighted by Crippen LogP contribution is 2.33. The van der Waals surface area contributed by atoms with E-state index in [1.165, 1.54) is 12.1 Å². The Kier molecular flexibility index (Phi) is 3.98. The van der Waals surface area contributed by atoms with Crippen LogP contribution >= 0.6 is 23.2 Å². The number of benzene rings is 2. The van der Waals surface area contributed by atoms with E-state index in [0.717, 1.165) is 5.56 Å². The van der Waals surface area contributed by atoms with E-state index in [1.54, 1.807) is 24.3 Å². The van der Waals surface area contributed by atoms with E-state index in [-0.39, 0.29) is 11.3 Å². The molecule has 0 saturated carbocycles. The zero-order valence-corrected chi connectivity index (χ0v) is 11.5. The molecule has 0 unspecified atom stereocenters. The van der Waals surface area contributed by atoms with Crippen LogP contribution in [0.4, 0.5) is 0 Å². The molecule has 5 heteroatoms. The van der Waals surface area contributed by atoms with Crippen LogP contribution in [0.5, 0.6) is 11.5 Å². The fourth-order valence-corrected chi connectivity index (χ4v) is 1.89. The Balaban J connectivity index is 2.43. The summed E-state index contributed by atoms with van der Waals surface area (Å²) in [5.74, 6) is -0.514. The van der Waals surface area contributed by atoms with Gasteiger partial charge in [0.05, 0.1) is 5.02 Å². The van der Waals surface area contributed by atoms with Crippen LogP contribution in [0.2, 0.25) is 10.0 Å². The van der Waals surface area contributed by atoms with E-state index in [0.29, 0.717) is 15.8 Å². The standard InChI is InChI=1S/C14H10Cl2O3/c1-8-2-5-12(10(6-8)14(17)18)19-13-7-9(15)3-4-11(13)16/h2-7H,1H3,(H,17,18). The van der Waals surface area contributed by atoms with Crippen molar-refractivity contribution in [2.24, 2.45) is 0 Å². The van der Waals surface area contributed by atoms with E-state index in [1.807, 2.05) is 6.92 Å². The van der Waals surface area contributed by atoms with Gasteiger partial charge in [0.15, 0.2) is 0 Å². The number of aryl methyl sites for hydroxylation is 1.